The topological polar surface area (TPSA) is 26.0 Å². The molecule has 24 heavy (non-hydrogen) atoms. The quantitative estimate of drug-likeness (QED) is 0.625. The highest BCUT2D eigenvalue weighted by molar-refractivity contribution is 5.43. The first-order valence-electron chi connectivity index (χ1n) is 9.66. The van der Waals surface area contributed by atoms with E-state index >= 15 is 0 Å². The molecule has 0 atom stereocenters. The molecule has 1 aliphatic rings. The third kappa shape index (κ3) is 3.83. The molecule has 0 unspecified atom stereocenters. The van der Waals surface area contributed by atoms with Gasteiger partial charge in [-0.1, -0.05) is 75.4 Å². The first-order valence-corrected chi connectivity index (χ1v) is 9.66. The van der Waals surface area contributed by atoms with Crippen LogP contribution in [0.15, 0.2) is 48.5 Å². The van der Waals surface area contributed by atoms with Crippen LogP contribution in [0, 0.1) is 0 Å². The van der Waals surface area contributed by atoms with Gasteiger partial charge < -0.3 is 5.73 Å². The van der Waals surface area contributed by atoms with Crippen LogP contribution in [0.4, 0.5) is 5.69 Å². The smallest absolute Gasteiger partial charge is 0.0314 e. The maximum Gasteiger partial charge on any atom is 0.0314 e. The summed E-state index contributed by atoms with van der Waals surface area (Å²) in [5.74, 6) is 0. The van der Waals surface area contributed by atoms with Crippen molar-refractivity contribution in [1.29, 1.82) is 0 Å². The first kappa shape index (κ1) is 17.1. The zero-order chi connectivity index (χ0) is 16.8. The number of hydrogen-bond donors (Lipinski definition) is 1. The predicted octanol–water partition coefficient (Wildman–Crippen LogP) is 6.25. The Balaban J connectivity index is 1.92. The van der Waals surface area contributed by atoms with Crippen LogP contribution in [0.5, 0.6) is 0 Å². The van der Waals surface area contributed by atoms with Crippen LogP contribution in [0.25, 0.3) is 0 Å². The minimum atomic E-state index is 0.415. The van der Waals surface area contributed by atoms with Gasteiger partial charge in [0.25, 0.3) is 0 Å². The van der Waals surface area contributed by atoms with Gasteiger partial charge in [0.2, 0.25) is 0 Å². The van der Waals surface area contributed by atoms with Crippen molar-refractivity contribution in [2.24, 2.45) is 0 Å². The lowest BCUT2D eigenvalue weighted by Gasteiger charge is -2.39. The van der Waals surface area contributed by atoms with E-state index in [9.17, 15) is 0 Å². The lowest BCUT2D eigenvalue weighted by Crippen LogP contribution is -2.30. The van der Waals surface area contributed by atoms with Crippen molar-refractivity contribution in [2.45, 2.75) is 70.1 Å². The van der Waals surface area contributed by atoms with E-state index in [4.69, 9.17) is 5.73 Å². The number of rotatable bonds is 6. The third-order valence-corrected chi connectivity index (χ3v) is 5.78. The summed E-state index contributed by atoms with van der Waals surface area (Å²) in [7, 11) is 0. The Labute approximate surface area is 147 Å². The molecular weight excluding hydrogens is 290 g/mol. The van der Waals surface area contributed by atoms with Gasteiger partial charge in [0.05, 0.1) is 0 Å². The number of hydrogen-bond acceptors (Lipinski definition) is 1. The molecule has 1 saturated carbocycles. The molecule has 0 radical (unpaired) electrons. The maximum absolute atomic E-state index is 5.84. The Hall–Kier alpha value is -1.76. The molecule has 1 fully saturated rings. The molecule has 128 valence electrons. The van der Waals surface area contributed by atoms with Gasteiger partial charge in [-0.3, -0.25) is 0 Å². The predicted molar refractivity (Wildman–Crippen MR) is 104 cm³/mol. The molecule has 0 amide bonds. The van der Waals surface area contributed by atoms with E-state index in [1.807, 2.05) is 12.1 Å². The maximum atomic E-state index is 5.84. The molecular formula is C23H31N. The average Bonchev–Trinajstić information content (AvgIpc) is 2.63. The number of unbranched alkanes of at least 4 members (excludes halogenated alkanes) is 1. The summed E-state index contributed by atoms with van der Waals surface area (Å²) < 4.78 is 0. The normalized spacial score (nSPS) is 16.9. The second-order valence-corrected chi connectivity index (χ2v) is 7.52. The molecule has 1 heteroatoms. The largest absolute Gasteiger partial charge is 0.399 e. The Morgan fingerprint density at radius 1 is 0.917 bits per heavy atom. The molecule has 3 rings (SSSR count). The zero-order valence-electron chi connectivity index (χ0n) is 15.1. The highest BCUT2D eigenvalue weighted by atomic mass is 14.5. The van der Waals surface area contributed by atoms with E-state index in [1.165, 1.54) is 62.5 Å². The lowest BCUT2D eigenvalue weighted by molar-refractivity contribution is 0.266. The highest BCUT2D eigenvalue weighted by Gasteiger charge is 2.34. The second kappa shape index (κ2) is 7.88. The minimum absolute atomic E-state index is 0.415. The van der Waals surface area contributed by atoms with Gasteiger partial charge in [0, 0.05) is 5.69 Å². The van der Waals surface area contributed by atoms with Crippen LogP contribution in [-0.2, 0) is 11.8 Å². The molecule has 0 aliphatic heterocycles. The molecule has 2 N–H and O–H groups in total. The van der Waals surface area contributed by atoms with Crippen molar-refractivity contribution >= 4 is 5.69 Å². The first-order chi connectivity index (χ1) is 11.7. The SMILES string of the molecule is CCCCC1(c2ccccc2Cc2ccc(N)cc2)CCCCC1. The van der Waals surface area contributed by atoms with Gasteiger partial charge in [0.1, 0.15) is 0 Å². The summed E-state index contributed by atoms with van der Waals surface area (Å²) in [6, 6.07) is 17.6. The van der Waals surface area contributed by atoms with Gasteiger partial charge in [-0.25, -0.2) is 0 Å². The van der Waals surface area contributed by atoms with Gasteiger partial charge in [-0.2, -0.15) is 0 Å². The van der Waals surface area contributed by atoms with E-state index in [-0.39, 0.29) is 0 Å². The van der Waals surface area contributed by atoms with Crippen LogP contribution in [0.1, 0.15) is 75.0 Å². The fourth-order valence-electron chi connectivity index (χ4n) is 4.44. The van der Waals surface area contributed by atoms with Crippen LogP contribution in [0.3, 0.4) is 0 Å². The van der Waals surface area contributed by atoms with Crippen LogP contribution in [0.2, 0.25) is 0 Å². The summed E-state index contributed by atoms with van der Waals surface area (Å²) >= 11 is 0. The molecule has 0 spiro atoms. The number of nitrogens with two attached hydrogens (primary N) is 1. The van der Waals surface area contributed by atoms with Gasteiger partial charge in [-0.05, 0) is 59.9 Å². The van der Waals surface area contributed by atoms with Gasteiger partial charge in [0.15, 0.2) is 0 Å². The standard InChI is InChI=1S/C23H31N/c1-2-3-15-23(16-7-4-8-17-23)22-10-6-5-9-20(22)18-19-11-13-21(24)14-12-19/h5-6,9-14H,2-4,7-8,15-18,24H2,1H3. The van der Waals surface area contributed by atoms with E-state index in [0.29, 0.717) is 5.41 Å². The zero-order valence-corrected chi connectivity index (χ0v) is 15.1. The molecule has 2 aromatic rings. The molecule has 1 aliphatic carbocycles. The lowest BCUT2D eigenvalue weighted by atomic mass is 9.65. The third-order valence-electron chi connectivity index (χ3n) is 5.78. The Bertz CT molecular complexity index is 635. The van der Waals surface area contributed by atoms with Crippen LogP contribution in [-0.4, -0.2) is 0 Å². The average molecular weight is 322 g/mol. The Kier molecular flexibility index (Phi) is 5.60. The monoisotopic (exact) mass is 321 g/mol. The van der Waals surface area contributed by atoms with Crippen molar-refractivity contribution in [3.8, 4) is 0 Å². The second-order valence-electron chi connectivity index (χ2n) is 7.52. The number of anilines is 1. The minimum Gasteiger partial charge on any atom is -0.399 e. The van der Waals surface area contributed by atoms with Crippen molar-refractivity contribution in [3.63, 3.8) is 0 Å². The molecule has 0 bridgehead atoms. The molecule has 0 heterocycles. The summed E-state index contributed by atoms with van der Waals surface area (Å²) in [6.07, 6.45) is 11.9. The van der Waals surface area contributed by atoms with Gasteiger partial charge >= 0.3 is 0 Å². The van der Waals surface area contributed by atoms with E-state index in [1.54, 1.807) is 5.56 Å². The van der Waals surface area contributed by atoms with Crippen molar-refractivity contribution in [2.75, 3.05) is 5.73 Å². The Morgan fingerprint density at radius 2 is 1.62 bits per heavy atom. The molecule has 0 saturated heterocycles. The fourth-order valence-corrected chi connectivity index (χ4v) is 4.44. The van der Waals surface area contributed by atoms with E-state index < -0.39 is 0 Å². The van der Waals surface area contributed by atoms with E-state index in [2.05, 4.69) is 43.3 Å². The Morgan fingerprint density at radius 3 is 2.33 bits per heavy atom. The summed E-state index contributed by atoms with van der Waals surface area (Å²) in [6.45, 7) is 2.32. The molecule has 1 nitrogen and oxygen atoms in total. The number of nitrogen functional groups attached to an aromatic ring is 1. The van der Waals surface area contributed by atoms with Crippen molar-refractivity contribution < 1.29 is 0 Å². The van der Waals surface area contributed by atoms with Crippen LogP contribution < -0.4 is 5.73 Å². The van der Waals surface area contributed by atoms with Crippen LogP contribution >= 0.6 is 0 Å². The van der Waals surface area contributed by atoms with Crippen molar-refractivity contribution in [1.82, 2.24) is 0 Å². The molecule has 2 aromatic carbocycles. The number of benzene rings is 2. The molecule has 0 aromatic heterocycles. The summed E-state index contributed by atoms with van der Waals surface area (Å²) in [5.41, 5.74) is 11.6. The fraction of sp³-hybridized carbons (Fsp3) is 0.478. The summed E-state index contributed by atoms with van der Waals surface area (Å²) in [5, 5.41) is 0. The highest BCUT2D eigenvalue weighted by Crippen LogP contribution is 2.44. The van der Waals surface area contributed by atoms with Crippen molar-refractivity contribution in [3.05, 3.63) is 65.2 Å². The summed E-state index contributed by atoms with van der Waals surface area (Å²) in [4.78, 5) is 0. The van der Waals surface area contributed by atoms with E-state index in [0.717, 1.165) is 12.1 Å². The van der Waals surface area contributed by atoms with Gasteiger partial charge in [-0.15, -0.1) is 0 Å².